The van der Waals surface area contributed by atoms with Gasteiger partial charge in [0.05, 0.1) is 6.61 Å². The van der Waals surface area contributed by atoms with Crippen molar-refractivity contribution in [3.8, 4) is 0 Å². The molecule has 0 saturated heterocycles. The lowest BCUT2D eigenvalue weighted by molar-refractivity contribution is 0.184. The molecule has 0 fully saturated rings. The van der Waals surface area contributed by atoms with Gasteiger partial charge in [-0.15, -0.1) is 10.2 Å². The molecule has 1 N–H and O–H groups in total. The van der Waals surface area contributed by atoms with Gasteiger partial charge >= 0.3 is 0 Å². The second kappa shape index (κ2) is 6.06. The number of aromatic nitrogens is 2. The normalized spacial score (nSPS) is 11.1. The molecule has 1 heterocycles. The van der Waals surface area contributed by atoms with Crippen LogP contribution in [0.4, 0.5) is 0 Å². The Morgan fingerprint density at radius 3 is 2.71 bits per heavy atom. The second-order valence-electron chi connectivity index (χ2n) is 3.38. The lowest BCUT2D eigenvalue weighted by atomic mass is 10.3. The molecule has 1 aromatic rings. The van der Waals surface area contributed by atoms with Crippen molar-refractivity contribution in [2.45, 2.75) is 32.9 Å². The van der Waals surface area contributed by atoms with E-state index in [9.17, 15) is 0 Å². The molecule has 0 aliphatic heterocycles. The molecule has 0 aromatic carbocycles. The van der Waals surface area contributed by atoms with E-state index in [0.717, 1.165) is 23.0 Å². The summed E-state index contributed by atoms with van der Waals surface area (Å²) >= 11 is 1.62. The van der Waals surface area contributed by atoms with Crippen LogP contribution >= 0.6 is 11.3 Å². The summed E-state index contributed by atoms with van der Waals surface area (Å²) in [4.78, 5) is 0. The lowest BCUT2D eigenvalue weighted by Crippen LogP contribution is -2.24. The van der Waals surface area contributed by atoms with Crippen LogP contribution in [0.5, 0.6) is 0 Å². The topological polar surface area (TPSA) is 47.0 Å². The monoisotopic (exact) mass is 215 g/mol. The highest BCUT2D eigenvalue weighted by Crippen LogP contribution is 2.10. The minimum absolute atomic E-state index is 0.529. The van der Waals surface area contributed by atoms with Crippen molar-refractivity contribution in [1.29, 1.82) is 0 Å². The zero-order valence-corrected chi connectivity index (χ0v) is 9.73. The first-order valence-corrected chi connectivity index (χ1v) is 5.57. The molecule has 0 spiro atoms. The van der Waals surface area contributed by atoms with Crippen molar-refractivity contribution >= 4 is 11.3 Å². The van der Waals surface area contributed by atoms with E-state index in [-0.39, 0.29) is 0 Å². The molecule has 1 aromatic heterocycles. The molecule has 0 radical (unpaired) electrons. The predicted molar refractivity (Wildman–Crippen MR) is 57.5 cm³/mol. The van der Waals surface area contributed by atoms with Crippen molar-refractivity contribution in [2.75, 3.05) is 13.7 Å². The first-order valence-electron chi connectivity index (χ1n) is 4.76. The predicted octanol–water partition coefficient (Wildman–Crippen LogP) is 1.22. The van der Waals surface area contributed by atoms with Gasteiger partial charge in [-0.05, 0) is 0 Å². The largest absolute Gasteiger partial charge is 0.377 e. The maximum absolute atomic E-state index is 4.98. The van der Waals surface area contributed by atoms with Crippen molar-refractivity contribution in [3.05, 3.63) is 10.0 Å². The standard InChI is InChI=1S/C9H17N3OS/c1-7(2)10-5-4-8-11-12-9(14-8)6-13-3/h7,10H,4-6H2,1-3H3. The summed E-state index contributed by atoms with van der Waals surface area (Å²) in [5, 5.41) is 13.5. The summed E-state index contributed by atoms with van der Waals surface area (Å²) in [7, 11) is 1.67. The fourth-order valence-corrected chi connectivity index (χ4v) is 1.86. The fraction of sp³-hybridized carbons (Fsp3) is 0.778. The van der Waals surface area contributed by atoms with Crippen LogP contribution in [0, 0.1) is 0 Å². The number of ether oxygens (including phenoxy) is 1. The summed E-state index contributed by atoms with van der Waals surface area (Å²) in [6.45, 7) is 5.79. The quantitative estimate of drug-likeness (QED) is 0.775. The number of hydrogen-bond donors (Lipinski definition) is 1. The molecule has 0 aliphatic rings. The SMILES string of the molecule is COCc1nnc(CCNC(C)C)s1. The molecule has 5 heteroatoms. The van der Waals surface area contributed by atoms with Crippen LogP contribution in [0.2, 0.25) is 0 Å². The summed E-state index contributed by atoms with van der Waals surface area (Å²) in [6.07, 6.45) is 0.944. The molecule has 0 bridgehead atoms. The number of nitrogens with zero attached hydrogens (tertiary/aromatic N) is 2. The Morgan fingerprint density at radius 2 is 2.07 bits per heavy atom. The molecule has 14 heavy (non-hydrogen) atoms. The average molecular weight is 215 g/mol. The number of hydrogen-bond acceptors (Lipinski definition) is 5. The van der Waals surface area contributed by atoms with Gasteiger partial charge in [-0.1, -0.05) is 25.2 Å². The van der Waals surface area contributed by atoms with E-state index in [4.69, 9.17) is 4.74 Å². The van der Waals surface area contributed by atoms with E-state index in [1.54, 1.807) is 18.4 Å². The Labute approximate surface area is 88.7 Å². The maximum atomic E-state index is 4.98. The Hall–Kier alpha value is -0.520. The van der Waals surface area contributed by atoms with Gasteiger partial charge in [0.15, 0.2) is 0 Å². The fourth-order valence-electron chi connectivity index (χ4n) is 1.04. The van der Waals surface area contributed by atoms with Gasteiger partial charge in [-0.3, -0.25) is 0 Å². The minimum Gasteiger partial charge on any atom is -0.377 e. The van der Waals surface area contributed by atoms with Crippen molar-refractivity contribution < 1.29 is 4.74 Å². The number of rotatable bonds is 6. The van der Waals surface area contributed by atoms with E-state index >= 15 is 0 Å². The third-order valence-electron chi connectivity index (χ3n) is 1.67. The van der Waals surface area contributed by atoms with Crippen LogP contribution in [-0.4, -0.2) is 29.9 Å². The van der Waals surface area contributed by atoms with E-state index in [1.807, 2.05) is 0 Å². The third kappa shape index (κ3) is 4.13. The smallest absolute Gasteiger partial charge is 0.143 e. The van der Waals surface area contributed by atoms with Gasteiger partial charge in [0, 0.05) is 26.1 Å². The highest BCUT2D eigenvalue weighted by atomic mass is 32.1. The van der Waals surface area contributed by atoms with Crippen molar-refractivity contribution in [3.63, 3.8) is 0 Å². The average Bonchev–Trinajstić information content (AvgIpc) is 2.53. The molecule has 0 saturated carbocycles. The zero-order chi connectivity index (χ0) is 10.4. The van der Waals surface area contributed by atoms with E-state index in [2.05, 4.69) is 29.4 Å². The molecule has 1 rings (SSSR count). The highest BCUT2D eigenvalue weighted by molar-refractivity contribution is 7.11. The third-order valence-corrected chi connectivity index (χ3v) is 2.62. The molecule has 4 nitrogen and oxygen atoms in total. The van der Waals surface area contributed by atoms with Gasteiger partial charge in [0.2, 0.25) is 0 Å². The first kappa shape index (κ1) is 11.6. The van der Waals surface area contributed by atoms with Crippen molar-refractivity contribution in [1.82, 2.24) is 15.5 Å². The van der Waals surface area contributed by atoms with Crippen LogP contribution in [0.3, 0.4) is 0 Å². The highest BCUT2D eigenvalue weighted by Gasteiger charge is 2.03. The summed E-state index contributed by atoms with van der Waals surface area (Å²) in [6, 6.07) is 0.529. The van der Waals surface area contributed by atoms with Gasteiger partial charge in [-0.2, -0.15) is 0 Å². The lowest BCUT2D eigenvalue weighted by Gasteiger charge is -2.04. The van der Waals surface area contributed by atoms with E-state index in [0.29, 0.717) is 12.6 Å². The summed E-state index contributed by atoms with van der Waals surface area (Å²) in [5.41, 5.74) is 0. The molecule has 0 amide bonds. The Balaban J connectivity index is 2.28. The Bertz CT molecular complexity index is 262. The molecule has 0 aliphatic carbocycles. The molecule has 80 valence electrons. The number of methoxy groups -OCH3 is 1. The second-order valence-corrected chi connectivity index (χ2v) is 4.53. The minimum atomic E-state index is 0.529. The van der Waals surface area contributed by atoms with Crippen LogP contribution in [0.1, 0.15) is 23.9 Å². The van der Waals surface area contributed by atoms with Gasteiger partial charge in [0.1, 0.15) is 10.0 Å². The summed E-state index contributed by atoms with van der Waals surface area (Å²) < 4.78 is 4.98. The van der Waals surface area contributed by atoms with E-state index < -0.39 is 0 Å². The van der Waals surface area contributed by atoms with Gasteiger partial charge in [-0.25, -0.2) is 0 Å². The molecular formula is C9H17N3OS. The summed E-state index contributed by atoms with van der Waals surface area (Å²) in [5.74, 6) is 0. The number of nitrogens with one attached hydrogen (secondary N) is 1. The maximum Gasteiger partial charge on any atom is 0.143 e. The van der Waals surface area contributed by atoms with Crippen LogP contribution < -0.4 is 5.32 Å². The molecule has 0 atom stereocenters. The Morgan fingerprint density at radius 1 is 1.36 bits per heavy atom. The zero-order valence-electron chi connectivity index (χ0n) is 8.91. The van der Waals surface area contributed by atoms with E-state index in [1.165, 1.54) is 0 Å². The Kier molecular flexibility index (Phi) is 5.00. The molecular weight excluding hydrogens is 198 g/mol. The van der Waals surface area contributed by atoms with Crippen LogP contribution in [-0.2, 0) is 17.8 Å². The van der Waals surface area contributed by atoms with Gasteiger partial charge in [0.25, 0.3) is 0 Å². The van der Waals surface area contributed by atoms with Crippen LogP contribution in [0.25, 0.3) is 0 Å². The molecule has 0 unspecified atom stereocenters. The van der Waals surface area contributed by atoms with Crippen LogP contribution in [0.15, 0.2) is 0 Å². The first-order chi connectivity index (χ1) is 6.72. The van der Waals surface area contributed by atoms with Crippen molar-refractivity contribution in [2.24, 2.45) is 0 Å². The van der Waals surface area contributed by atoms with Gasteiger partial charge < -0.3 is 10.1 Å².